The van der Waals surface area contributed by atoms with Crippen molar-refractivity contribution in [2.75, 3.05) is 0 Å². The summed E-state index contributed by atoms with van der Waals surface area (Å²) < 4.78 is 37.6. The molecule has 0 spiro atoms. The van der Waals surface area contributed by atoms with Crippen molar-refractivity contribution in [2.45, 2.75) is 89.4 Å². The number of nitrogens with zero attached hydrogens (tertiary/aromatic N) is 1. The number of aliphatic hydroxyl groups is 1. The van der Waals surface area contributed by atoms with E-state index in [1.54, 1.807) is 84.0 Å². The molecule has 0 bridgehead atoms. The Bertz CT molecular complexity index is 1350. The summed E-state index contributed by atoms with van der Waals surface area (Å²) in [5.41, 5.74) is -1.97. The van der Waals surface area contributed by atoms with E-state index in [1.165, 1.54) is 19.1 Å². The van der Waals surface area contributed by atoms with E-state index in [4.69, 9.17) is 9.47 Å². The van der Waals surface area contributed by atoms with Crippen LogP contribution in [0.1, 0.15) is 71.9 Å². The second kappa shape index (κ2) is 11.3. The van der Waals surface area contributed by atoms with Gasteiger partial charge >= 0.3 is 11.9 Å². The van der Waals surface area contributed by atoms with Crippen molar-refractivity contribution in [3.8, 4) is 0 Å². The zero-order valence-electron chi connectivity index (χ0n) is 24.4. The molecule has 3 rings (SSSR count). The Balaban J connectivity index is 2.19. The Hall–Kier alpha value is -3.24. The lowest BCUT2D eigenvalue weighted by Crippen LogP contribution is -2.56. The van der Waals surface area contributed by atoms with Gasteiger partial charge in [0.1, 0.15) is 17.1 Å². The van der Waals surface area contributed by atoms with Crippen molar-refractivity contribution < 1.29 is 32.6 Å². The summed E-state index contributed by atoms with van der Waals surface area (Å²) in [5.74, 6) is -4.71. The molecule has 9 nitrogen and oxygen atoms in total. The van der Waals surface area contributed by atoms with E-state index < -0.39 is 56.5 Å². The van der Waals surface area contributed by atoms with Gasteiger partial charge in [0, 0.05) is 12.3 Å². The van der Waals surface area contributed by atoms with E-state index in [2.05, 4.69) is 9.93 Å². The molecule has 0 aliphatic heterocycles. The lowest BCUT2D eigenvalue weighted by atomic mass is 9.61. The molecule has 0 unspecified atom stereocenters. The van der Waals surface area contributed by atoms with Crippen molar-refractivity contribution in [1.82, 2.24) is 4.83 Å². The van der Waals surface area contributed by atoms with Crippen LogP contribution < -0.4 is 4.83 Å². The third-order valence-corrected chi connectivity index (χ3v) is 7.66. The maximum atomic E-state index is 13.8. The standard InChI is InChI=1S/C30H40N2O7S/c1-19-14-16-21(17-15-19)40(36,37)32-31-22-18-30(8,35)25(27(34)39-29(5,6)7)23(20-12-10-9-11-13-20)24(22)26(33)38-28(2,3)4/h9-17,23-25,32,35H,18H2,1-8H3/b31-22-/t23-,24-,25+,30-/m1/s1. The van der Waals surface area contributed by atoms with E-state index in [1.807, 2.05) is 6.92 Å². The SMILES string of the molecule is Cc1ccc(S(=O)(=O)N/N=C2/C[C@@](C)(O)[C@H](C(=O)OC(C)(C)C)[C@H](c3ccccc3)[C@@H]2C(=O)OC(C)(C)C)cc1. The van der Waals surface area contributed by atoms with Crippen molar-refractivity contribution >= 4 is 27.7 Å². The number of benzene rings is 2. The van der Waals surface area contributed by atoms with Gasteiger partial charge in [-0.05, 0) is 73.1 Å². The number of rotatable bonds is 6. The molecule has 1 fully saturated rings. The third kappa shape index (κ3) is 7.69. The summed E-state index contributed by atoms with van der Waals surface area (Å²) in [6.45, 7) is 13.6. The summed E-state index contributed by atoms with van der Waals surface area (Å²) in [5, 5.41) is 15.9. The fraction of sp³-hybridized carbons (Fsp3) is 0.500. The minimum Gasteiger partial charge on any atom is -0.460 e. The molecule has 0 heterocycles. The number of nitrogens with one attached hydrogen (secondary N) is 1. The number of esters is 2. The van der Waals surface area contributed by atoms with E-state index in [9.17, 15) is 23.1 Å². The van der Waals surface area contributed by atoms with Crippen molar-refractivity contribution in [3.05, 3.63) is 65.7 Å². The van der Waals surface area contributed by atoms with Gasteiger partial charge in [-0.3, -0.25) is 9.59 Å². The molecule has 0 aromatic heterocycles. The number of aryl methyl sites for hydroxylation is 1. The zero-order chi connectivity index (χ0) is 30.1. The van der Waals surface area contributed by atoms with Gasteiger partial charge in [-0.15, -0.1) is 0 Å². The largest absolute Gasteiger partial charge is 0.460 e. The Kier molecular flexibility index (Phi) is 8.86. The molecule has 1 aliphatic carbocycles. The normalized spacial score (nSPS) is 24.8. The van der Waals surface area contributed by atoms with E-state index in [-0.39, 0.29) is 17.0 Å². The van der Waals surface area contributed by atoms with Gasteiger partial charge in [0.25, 0.3) is 10.0 Å². The number of ether oxygens (including phenoxy) is 2. The van der Waals surface area contributed by atoms with Gasteiger partial charge in [-0.1, -0.05) is 48.0 Å². The van der Waals surface area contributed by atoms with Gasteiger partial charge in [-0.2, -0.15) is 13.5 Å². The number of hydrogen-bond donors (Lipinski definition) is 2. The minimum absolute atomic E-state index is 0.00919. The monoisotopic (exact) mass is 572 g/mol. The predicted octanol–water partition coefficient (Wildman–Crippen LogP) is 4.48. The second-order valence-electron chi connectivity index (χ2n) is 12.5. The molecule has 1 aliphatic rings. The number of sulfonamides is 1. The molecule has 218 valence electrons. The van der Waals surface area contributed by atoms with Crippen LogP contribution in [0.3, 0.4) is 0 Å². The molecule has 40 heavy (non-hydrogen) atoms. The predicted molar refractivity (Wildman–Crippen MR) is 152 cm³/mol. The lowest BCUT2D eigenvalue weighted by molar-refractivity contribution is -0.175. The van der Waals surface area contributed by atoms with E-state index in [0.717, 1.165) is 5.56 Å². The maximum absolute atomic E-state index is 13.8. The van der Waals surface area contributed by atoms with Crippen LogP contribution in [0, 0.1) is 18.8 Å². The first-order valence-corrected chi connectivity index (χ1v) is 14.7. The highest BCUT2D eigenvalue weighted by Crippen LogP contribution is 2.47. The van der Waals surface area contributed by atoms with Crippen LogP contribution in [0.4, 0.5) is 0 Å². The summed E-state index contributed by atoms with van der Waals surface area (Å²) in [7, 11) is -4.10. The molecule has 0 radical (unpaired) electrons. The van der Waals surface area contributed by atoms with E-state index >= 15 is 0 Å². The Morgan fingerprint density at radius 1 is 0.925 bits per heavy atom. The fourth-order valence-electron chi connectivity index (χ4n) is 4.84. The smallest absolute Gasteiger partial charge is 0.315 e. The zero-order valence-corrected chi connectivity index (χ0v) is 25.2. The van der Waals surface area contributed by atoms with Gasteiger partial charge in [0.05, 0.1) is 22.1 Å². The molecule has 0 amide bonds. The quantitative estimate of drug-likeness (QED) is 0.385. The fourth-order valence-corrected chi connectivity index (χ4v) is 5.68. The number of hydrazone groups is 1. The van der Waals surface area contributed by atoms with Crippen molar-refractivity contribution in [3.63, 3.8) is 0 Å². The van der Waals surface area contributed by atoms with Gasteiger partial charge < -0.3 is 14.6 Å². The number of carbonyl (C=O) groups is 2. The molecule has 10 heteroatoms. The van der Waals surface area contributed by atoms with Crippen LogP contribution in [0.15, 0.2) is 64.6 Å². The molecular weight excluding hydrogens is 532 g/mol. The summed E-state index contributed by atoms with van der Waals surface area (Å²) >= 11 is 0. The first-order chi connectivity index (χ1) is 18.3. The van der Waals surface area contributed by atoms with Crippen LogP contribution in [-0.2, 0) is 29.1 Å². The highest BCUT2D eigenvalue weighted by atomic mass is 32.2. The Morgan fingerprint density at radius 2 is 1.45 bits per heavy atom. The van der Waals surface area contributed by atoms with Gasteiger partial charge in [0.15, 0.2) is 0 Å². The first-order valence-electron chi connectivity index (χ1n) is 13.2. The highest BCUT2D eigenvalue weighted by Gasteiger charge is 2.57. The highest BCUT2D eigenvalue weighted by molar-refractivity contribution is 7.89. The van der Waals surface area contributed by atoms with Crippen LogP contribution >= 0.6 is 0 Å². The number of carbonyl (C=O) groups excluding carboxylic acids is 2. The molecule has 2 aromatic rings. The maximum Gasteiger partial charge on any atom is 0.315 e. The molecule has 2 aromatic carbocycles. The second-order valence-corrected chi connectivity index (χ2v) is 14.2. The average Bonchev–Trinajstić information content (AvgIpc) is 2.80. The Morgan fingerprint density at radius 3 is 1.98 bits per heavy atom. The third-order valence-electron chi connectivity index (χ3n) is 6.43. The molecule has 4 atom stereocenters. The first kappa shape index (κ1) is 31.3. The van der Waals surface area contributed by atoms with Gasteiger partial charge in [-0.25, -0.2) is 4.83 Å². The number of hydrogen-bond acceptors (Lipinski definition) is 8. The van der Waals surface area contributed by atoms with Crippen LogP contribution in [0.5, 0.6) is 0 Å². The molecule has 1 saturated carbocycles. The minimum atomic E-state index is -4.10. The topological polar surface area (TPSA) is 131 Å². The van der Waals surface area contributed by atoms with Crippen molar-refractivity contribution in [2.24, 2.45) is 16.9 Å². The average molecular weight is 573 g/mol. The summed E-state index contributed by atoms with van der Waals surface area (Å²) in [4.78, 5) is 29.6. The molecule has 2 N–H and O–H groups in total. The van der Waals surface area contributed by atoms with Crippen LogP contribution in [-0.4, -0.2) is 48.0 Å². The lowest BCUT2D eigenvalue weighted by Gasteiger charge is -2.46. The summed E-state index contributed by atoms with van der Waals surface area (Å²) in [6.07, 6.45) is -0.277. The van der Waals surface area contributed by atoms with E-state index in [0.29, 0.717) is 5.56 Å². The molecular formula is C30H40N2O7S. The van der Waals surface area contributed by atoms with Crippen molar-refractivity contribution in [1.29, 1.82) is 0 Å². The van der Waals surface area contributed by atoms with Crippen LogP contribution in [0.25, 0.3) is 0 Å². The van der Waals surface area contributed by atoms with Crippen LogP contribution in [0.2, 0.25) is 0 Å². The summed E-state index contributed by atoms with van der Waals surface area (Å²) in [6, 6.07) is 15.0. The van der Waals surface area contributed by atoms with Gasteiger partial charge in [0.2, 0.25) is 0 Å². The molecule has 0 saturated heterocycles. The Labute approximate surface area is 237 Å².